The van der Waals surface area contributed by atoms with Gasteiger partial charge in [-0.25, -0.2) is 0 Å². The SMILES string of the molecule is CCO[Si](CCCN(C(CC(=O)O[Si](C)(C)C)C(=O)O[Si](C)(C)C)[Si](C)(C)C)(OCC)OCC. The normalized spacial score (nSPS) is 14.3. The number of carbonyl (C=O) groups is 2. The Bertz CT molecular complexity index is 613. The van der Waals surface area contributed by atoms with E-state index in [4.69, 9.17) is 22.1 Å². The second kappa shape index (κ2) is 14.4. The predicted molar refractivity (Wildman–Crippen MR) is 147 cm³/mol. The third kappa shape index (κ3) is 13.7. The third-order valence-electron chi connectivity index (χ3n) is 4.67. The van der Waals surface area contributed by atoms with Crippen molar-refractivity contribution >= 4 is 45.6 Å². The van der Waals surface area contributed by atoms with Crippen molar-refractivity contribution in [3.8, 4) is 0 Å². The second-order valence-corrected chi connectivity index (χ2v) is 27.8. The average Bonchev–Trinajstić information content (AvgIpc) is 2.60. The average molecular weight is 554 g/mol. The Labute approximate surface area is 212 Å². The van der Waals surface area contributed by atoms with Crippen LogP contribution in [0.4, 0.5) is 0 Å². The topological polar surface area (TPSA) is 83.5 Å². The summed E-state index contributed by atoms with van der Waals surface area (Å²) in [5.74, 6) is -0.654. The lowest BCUT2D eigenvalue weighted by atomic mass is 10.2. The Balaban J connectivity index is 5.86. The van der Waals surface area contributed by atoms with E-state index in [0.29, 0.717) is 32.4 Å². The molecule has 0 aliphatic carbocycles. The molecule has 0 saturated heterocycles. The molecule has 8 nitrogen and oxygen atoms in total. The van der Waals surface area contributed by atoms with Gasteiger partial charge in [-0.2, -0.15) is 0 Å². The molecule has 0 N–H and O–H groups in total. The Morgan fingerprint density at radius 1 is 0.735 bits per heavy atom. The summed E-state index contributed by atoms with van der Waals surface area (Å²) in [5, 5.41) is 0. The van der Waals surface area contributed by atoms with Gasteiger partial charge in [0.25, 0.3) is 5.97 Å². The molecule has 0 aromatic rings. The minimum atomic E-state index is -2.79. The van der Waals surface area contributed by atoms with Crippen molar-refractivity contribution in [2.75, 3.05) is 26.4 Å². The van der Waals surface area contributed by atoms with Crippen LogP contribution in [0.25, 0.3) is 0 Å². The zero-order valence-electron chi connectivity index (χ0n) is 23.8. The summed E-state index contributed by atoms with van der Waals surface area (Å²) in [6.45, 7) is 26.4. The number of hydrogen-bond acceptors (Lipinski definition) is 8. The molecule has 0 fully saturated rings. The summed E-state index contributed by atoms with van der Waals surface area (Å²) in [6.07, 6.45) is 0.735. The Hall–Kier alpha value is -0.352. The van der Waals surface area contributed by atoms with Crippen LogP contribution < -0.4 is 0 Å². The maximum Gasteiger partial charge on any atom is 0.500 e. The molecule has 0 aromatic heterocycles. The maximum atomic E-state index is 13.3. The molecule has 0 aliphatic heterocycles. The van der Waals surface area contributed by atoms with Gasteiger partial charge >= 0.3 is 14.8 Å². The van der Waals surface area contributed by atoms with Crippen LogP contribution in [0.15, 0.2) is 0 Å². The zero-order chi connectivity index (χ0) is 26.8. The fourth-order valence-corrected chi connectivity index (χ4v) is 9.72. The van der Waals surface area contributed by atoms with Gasteiger partial charge in [0.15, 0.2) is 0 Å². The van der Waals surface area contributed by atoms with Gasteiger partial charge in [-0.05, 0) is 73.0 Å². The van der Waals surface area contributed by atoms with Crippen LogP contribution in [0.1, 0.15) is 33.6 Å². The molecule has 0 radical (unpaired) electrons. The lowest BCUT2D eigenvalue weighted by Gasteiger charge is -2.40. The van der Waals surface area contributed by atoms with Crippen molar-refractivity contribution in [1.82, 2.24) is 4.57 Å². The van der Waals surface area contributed by atoms with E-state index in [0.717, 1.165) is 6.42 Å². The Morgan fingerprint density at radius 3 is 1.53 bits per heavy atom. The van der Waals surface area contributed by atoms with Crippen molar-refractivity contribution in [2.45, 2.75) is 105 Å². The fraction of sp³-hybridized carbons (Fsp3) is 0.909. The van der Waals surface area contributed by atoms with Crippen LogP contribution in [-0.4, -0.2) is 82.6 Å². The molecule has 1 unspecified atom stereocenters. The van der Waals surface area contributed by atoms with Gasteiger partial charge in [0.2, 0.25) is 16.6 Å². The smallest absolute Gasteiger partial charge is 0.500 e. The van der Waals surface area contributed by atoms with E-state index in [1.54, 1.807) is 0 Å². The zero-order valence-corrected chi connectivity index (χ0v) is 27.8. The van der Waals surface area contributed by atoms with Gasteiger partial charge < -0.3 is 26.7 Å². The first-order chi connectivity index (χ1) is 15.4. The van der Waals surface area contributed by atoms with E-state index >= 15 is 0 Å². The van der Waals surface area contributed by atoms with E-state index in [1.807, 2.05) is 60.1 Å². The maximum absolute atomic E-state index is 13.3. The van der Waals surface area contributed by atoms with E-state index in [-0.39, 0.29) is 18.4 Å². The van der Waals surface area contributed by atoms with E-state index in [9.17, 15) is 9.59 Å². The summed E-state index contributed by atoms with van der Waals surface area (Å²) in [6, 6.07) is -0.0110. The van der Waals surface area contributed by atoms with Gasteiger partial charge in [0.05, 0.1) is 6.42 Å². The molecule has 1 atom stereocenters. The highest BCUT2D eigenvalue weighted by Crippen LogP contribution is 2.24. The Kier molecular flexibility index (Phi) is 14.3. The molecule has 0 heterocycles. The fourth-order valence-electron chi connectivity index (χ4n) is 3.66. The van der Waals surface area contributed by atoms with Gasteiger partial charge in [-0.1, -0.05) is 19.6 Å². The Morgan fingerprint density at radius 2 is 1.18 bits per heavy atom. The summed E-state index contributed by atoms with van der Waals surface area (Å²) >= 11 is 0. The number of rotatable bonds is 17. The minimum absolute atomic E-state index is 0.00278. The summed E-state index contributed by atoms with van der Waals surface area (Å²) < 4.78 is 31.8. The molecule has 0 saturated carbocycles. The summed E-state index contributed by atoms with van der Waals surface area (Å²) in [4.78, 5) is 26.2. The van der Waals surface area contributed by atoms with Gasteiger partial charge in [-0.3, -0.25) is 9.59 Å². The van der Waals surface area contributed by atoms with Gasteiger partial charge in [0, 0.05) is 25.9 Å². The number of hydrogen-bond donors (Lipinski definition) is 0. The van der Waals surface area contributed by atoms with E-state index in [2.05, 4.69) is 24.2 Å². The number of nitrogens with zero attached hydrogens (tertiary/aromatic N) is 1. The van der Waals surface area contributed by atoms with E-state index in [1.165, 1.54) is 0 Å². The van der Waals surface area contributed by atoms with Crippen molar-refractivity contribution < 1.29 is 31.7 Å². The van der Waals surface area contributed by atoms with Crippen molar-refractivity contribution in [3.63, 3.8) is 0 Å². The van der Waals surface area contributed by atoms with Gasteiger partial charge in [-0.15, -0.1) is 0 Å². The lowest BCUT2D eigenvalue weighted by molar-refractivity contribution is -0.146. The molecular weight excluding hydrogens is 503 g/mol. The van der Waals surface area contributed by atoms with Crippen LogP contribution in [0.2, 0.25) is 65.0 Å². The molecule has 202 valence electrons. The summed E-state index contributed by atoms with van der Waals surface area (Å²) in [5.41, 5.74) is 0. The van der Waals surface area contributed by atoms with E-state index < -0.39 is 39.7 Å². The van der Waals surface area contributed by atoms with Crippen LogP contribution in [0.3, 0.4) is 0 Å². The third-order valence-corrected chi connectivity index (χ3v) is 11.7. The van der Waals surface area contributed by atoms with Crippen LogP contribution in [0.5, 0.6) is 0 Å². The molecule has 34 heavy (non-hydrogen) atoms. The monoisotopic (exact) mass is 553 g/mol. The largest absolute Gasteiger partial charge is 0.520 e. The quantitative estimate of drug-likeness (QED) is 0.231. The first-order valence-corrected chi connectivity index (χ1v) is 24.7. The highest BCUT2D eigenvalue weighted by atomic mass is 28.4. The van der Waals surface area contributed by atoms with Crippen LogP contribution >= 0.6 is 0 Å². The van der Waals surface area contributed by atoms with Crippen molar-refractivity contribution in [2.24, 2.45) is 0 Å². The second-order valence-electron chi connectivity index (χ2n) is 11.3. The van der Waals surface area contributed by atoms with Gasteiger partial charge in [0.1, 0.15) is 14.3 Å². The molecule has 0 aliphatic rings. The molecule has 12 heteroatoms. The predicted octanol–water partition coefficient (Wildman–Crippen LogP) is 5.08. The molecule has 0 rings (SSSR count). The molecule has 0 bridgehead atoms. The lowest BCUT2D eigenvalue weighted by Crippen LogP contribution is -2.58. The first kappa shape index (κ1) is 33.6. The standard InChI is InChI=1S/C22H51NO7Si4/c1-13-26-34(27-14-2,28-15-3)18-16-17-23(31(4,5)6)20(22(25)30-33(10,11)12)19-21(24)29-32(7,8)9/h20H,13-19H2,1-12H3. The molecule has 0 aromatic carbocycles. The highest BCUT2D eigenvalue weighted by molar-refractivity contribution is 6.74. The molecule has 0 spiro atoms. The molecular formula is C22H51NO7Si4. The first-order valence-electron chi connectivity index (χ1n) is 12.5. The highest BCUT2D eigenvalue weighted by Gasteiger charge is 2.43. The van der Waals surface area contributed by atoms with Crippen LogP contribution in [0, 0.1) is 0 Å². The van der Waals surface area contributed by atoms with Crippen molar-refractivity contribution in [1.29, 1.82) is 0 Å². The molecule has 0 amide bonds. The van der Waals surface area contributed by atoms with Crippen LogP contribution in [-0.2, 0) is 31.7 Å². The summed E-state index contributed by atoms with van der Waals surface area (Å²) in [7, 11) is -9.02. The number of carbonyl (C=O) groups excluding carboxylic acids is 2. The van der Waals surface area contributed by atoms with Crippen molar-refractivity contribution in [3.05, 3.63) is 0 Å². The minimum Gasteiger partial charge on any atom is -0.520 e.